The van der Waals surface area contributed by atoms with Crippen molar-refractivity contribution in [1.29, 1.82) is 0 Å². The average molecular weight is 268 g/mol. The molecule has 98 valence electrons. The van der Waals surface area contributed by atoms with Gasteiger partial charge in [-0.05, 0) is 37.0 Å². The number of carbonyl (C=O) groups excluding carboxylic acids is 1. The number of benzene rings is 1. The lowest BCUT2D eigenvalue weighted by molar-refractivity contribution is 0.0600. The summed E-state index contributed by atoms with van der Waals surface area (Å²) in [6, 6.07) is 9.23. The Labute approximate surface area is 113 Å². The lowest BCUT2D eigenvalue weighted by Crippen LogP contribution is -2.21. The second-order valence-electron chi connectivity index (χ2n) is 5.00. The fraction of sp³-hybridized carbons (Fsp3) is 0.500. The maximum Gasteiger partial charge on any atom is 0.337 e. The van der Waals surface area contributed by atoms with Crippen LogP contribution in [0.2, 0.25) is 0 Å². The third-order valence-electron chi connectivity index (χ3n) is 4.06. The van der Waals surface area contributed by atoms with E-state index in [2.05, 4.69) is 17.4 Å². The van der Waals surface area contributed by atoms with Crippen molar-refractivity contribution in [3.63, 3.8) is 0 Å². The quantitative estimate of drug-likeness (QED) is 0.837. The van der Waals surface area contributed by atoms with Gasteiger partial charge in [0.25, 0.3) is 0 Å². The number of fused-ring (bicyclic) bond motifs is 2. The number of rotatable bonds is 2. The Morgan fingerprint density at radius 3 is 2.50 bits per heavy atom. The molecule has 3 atom stereocenters. The lowest BCUT2D eigenvalue weighted by Gasteiger charge is -2.20. The van der Waals surface area contributed by atoms with Gasteiger partial charge in [-0.15, -0.1) is 12.4 Å². The molecule has 4 heteroatoms. The molecular formula is C14H18ClNO2. The van der Waals surface area contributed by atoms with Gasteiger partial charge in [0, 0.05) is 18.0 Å². The largest absolute Gasteiger partial charge is 0.465 e. The predicted octanol–water partition coefficient (Wildman–Crippen LogP) is 2.50. The number of carbonyl (C=O) groups is 1. The maximum absolute atomic E-state index is 11.3. The minimum absolute atomic E-state index is 0. The first kappa shape index (κ1) is 13.4. The highest BCUT2D eigenvalue weighted by Crippen LogP contribution is 2.39. The second kappa shape index (κ2) is 5.29. The topological polar surface area (TPSA) is 38.3 Å². The smallest absolute Gasteiger partial charge is 0.337 e. The van der Waals surface area contributed by atoms with Crippen molar-refractivity contribution in [3.8, 4) is 0 Å². The summed E-state index contributed by atoms with van der Waals surface area (Å²) in [5, 5.41) is 3.63. The Kier molecular flexibility index (Phi) is 3.93. The molecule has 0 amide bonds. The molecule has 0 radical (unpaired) electrons. The summed E-state index contributed by atoms with van der Waals surface area (Å²) in [7, 11) is 1.41. The Hall–Kier alpha value is -1.06. The molecule has 2 saturated heterocycles. The Balaban J connectivity index is 0.00000120. The van der Waals surface area contributed by atoms with Crippen molar-refractivity contribution in [2.24, 2.45) is 0 Å². The van der Waals surface area contributed by atoms with Gasteiger partial charge in [-0.25, -0.2) is 4.79 Å². The van der Waals surface area contributed by atoms with E-state index < -0.39 is 0 Å². The summed E-state index contributed by atoms with van der Waals surface area (Å²) >= 11 is 0. The minimum Gasteiger partial charge on any atom is -0.465 e. The van der Waals surface area contributed by atoms with Gasteiger partial charge in [0.15, 0.2) is 0 Å². The number of ether oxygens (including phenoxy) is 1. The lowest BCUT2D eigenvalue weighted by atomic mass is 9.84. The fourth-order valence-corrected chi connectivity index (χ4v) is 3.18. The molecule has 0 aromatic heterocycles. The molecule has 2 aliphatic heterocycles. The van der Waals surface area contributed by atoms with Gasteiger partial charge in [-0.1, -0.05) is 12.1 Å². The van der Waals surface area contributed by atoms with Crippen LogP contribution in [0.3, 0.4) is 0 Å². The number of nitrogens with one attached hydrogen (secondary N) is 1. The monoisotopic (exact) mass is 267 g/mol. The van der Waals surface area contributed by atoms with E-state index in [1.165, 1.54) is 31.9 Å². The molecule has 2 aliphatic rings. The normalized spacial score (nSPS) is 28.8. The van der Waals surface area contributed by atoms with E-state index in [0.29, 0.717) is 23.6 Å². The van der Waals surface area contributed by atoms with E-state index >= 15 is 0 Å². The summed E-state index contributed by atoms with van der Waals surface area (Å²) in [5.41, 5.74) is 1.98. The van der Waals surface area contributed by atoms with Gasteiger partial charge in [0.1, 0.15) is 0 Å². The Morgan fingerprint density at radius 2 is 2.00 bits per heavy atom. The van der Waals surface area contributed by atoms with E-state index in [4.69, 9.17) is 4.74 Å². The van der Waals surface area contributed by atoms with Crippen LogP contribution in [0.4, 0.5) is 0 Å². The van der Waals surface area contributed by atoms with Crippen LogP contribution in [-0.2, 0) is 4.74 Å². The SMILES string of the molecule is COC(=O)c1ccc(C2CC3CCC2N3)cc1.Cl. The number of esters is 1. The summed E-state index contributed by atoms with van der Waals surface area (Å²) in [4.78, 5) is 11.3. The third-order valence-corrected chi connectivity index (χ3v) is 4.06. The van der Waals surface area contributed by atoms with Gasteiger partial charge < -0.3 is 10.1 Å². The van der Waals surface area contributed by atoms with Gasteiger partial charge in [0.2, 0.25) is 0 Å². The van der Waals surface area contributed by atoms with E-state index in [1.54, 1.807) is 0 Å². The zero-order chi connectivity index (χ0) is 11.8. The number of hydrogen-bond donors (Lipinski definition) is 1. The van der Waals surface area contributed by atoms with Gasteiger partial charge in [0.05, 0.1) is 12.7 Å². The van der Waals surface area contributed by atoms with Crippen LogP contribution in [0.5, 0.6) is 0 Å². The summed E-state index contributed by atoms with van der Waals surface area (Å²) < 4.78 is 4.70. The molecule has 2 bridgehead atoms. The van der Waals surface area contributed by atoms with Crippen molar-refractivity contribution < 1.29 is 9.53 Å². The Bertz CT molecular complexity index is 432. The van der Waals surface area contributed by atoms with Crippen LogP contribution >= 0.6 is 12.4 Å². The van der Waals surface area contributed by atoms with Crippen LogP contribution in [0.25, 0.3) is 0 Å². The molecule has 18 heavy (non-hydrogen) atoms. The first-order valence-electron chi connectivity index (χ1n) is 6.22. The van der Waals surface area contributed by atoms with Gasteiger partial charge >= 0.3 is 5.97 Å². The van der Waals surface area contributed by atoms with Crippen molar-refractivity contribution in [2.45, 2.75) is 37.3 Å². The molecule has 0 saturated carbocycles. The molecule has 1 aromatic carbocycles. The summed E-state index contributed by atoms with van der Waals surface area (Å²) in [6.45, 7) is 0. The highest BCUT2D eigenvalue weighted by Gasteiger charge is 2.39. The zero-order valence-electron chi connectivity index (χ0n) is 10.4. The van der Waals surface area contributed by atoms with Crippen LogP contribution in [-0.4, -0.2) is 25.2 Å². The van der Waals surface area contributed by atoms with E-state index in [1.807, 2.05) is 12.1 Å². The molecule has 3 rings (SSSR count). The molecule has 1 N–H and O–H groups in total. The first-order valence-corrected chi connectivity index (χ1v) is 6.22. The molecule has 3 unspecified atom stereocenters. The van der Waals surface area contributed by atoms with E-state index in [9.17, 15) is 4.79 Å². The molecule has 0 spiro atoms. The Morgan fingerprint density at radius 1 is 1.28 bits per heavy atom. The summed E-state index contributed by atoms with van der Waals surface area (Å²) in [5.74, 6) is 0.364. The van der Waals surface area contributed by atoms with Gasteiger partial charge in [-0.3, -0.25) is 0 Å². The second-order valence-corrected chi connectivity index (χ2v) is 5.00. The predicted molar refractivity (Wildman–Crippen MR) is 72.3 cm³/mol. The molecule has 3 nitrogen and oxygen atoms in total. The molecule has 2 fully saturated rings. The third kappa shape index (κ3) is 2.25. The van der Waals surface area contributed by atoms with E-state index in [-0.39, 0.29) is 18.4 Å². The highest BCUT2D eigenvalue weighted by molar-refractivity contribution is 5.89. The van der Waals surface area contributed by atoms with Crippen molar-refractivity contribution in [3.05, 3.63) is 35.4 Å². The van der Waals surface area contributed by atoms with Crippen LogP contribution in [0.1, 0.15) is 41.1 Å². The maximum atomic E-state index is 11.3. The molecule has 2 heterocycles. The molecular weight excluding hydrogens is 250 g/mol. The number of hydrogen-bond acceptors (Lipinski definition) is 3. The molecule has 1 aromatic rings. The fourth-order valence-electron chi connectivity index (χ4n) is 3.18. The summed E-state index contributed by atoms with van der Waals surface area (Å²) in [6.07, 6.45) is 3.84. The van der Waals surface area contributed by atoms with Crippen LogP contribution in [0.15, 0.2) is 24.3 Å². The molecule has 0 aliphatic carbocycles. The van der Waals surface area contributed by atoms with Crippen molar-refractivity contribution in [2.75, 3.05) is 7.11 Å². The minimum atomic E-state index is -0.261. The number of halogens is 1. The van der Waals surface area contributed by atoms with Crippen molar-refractivity contribution >= 4 is 18.4 Å². The average Bonchev–Trinajstić information content (AvgIpc) is 3.00. The van der Waals surface area contributed by atoms with Crippen LogP contribution in [0, 0.1) is 0 Å². The van der Waals surface area contributed by atoms with Crippen molar-refractivity contribution in [1.82, 2.24) is 5.32 Å². The number of methoxy groups -OCH3 is 1. The zero-order valence-corrected chi connectivity index (χ0v) is 11.2. The first-order chi connectivity index (χ1) is 8.28. The van der Waals surface area contributed by atoms with Gasteiger partial charge in [-0.2, -0.15) is 0 Å². The van der Waals surface area contributed by atoms with Crippen LogP contribution < -0.4 is 5.32 Å². The van der Waals surface area contributed by atoms with E-state index in [0.717, 1.165) is 0 Å². The standard InChI is InChI=1S/C14H17NO2.ClH/c1-17-14(16)10-4-2-9(3-5-10)12-8-11-6-7-13(12)15-11;/h2-5,11-13,15H,6-8H2,1H3;1H. The highest BCUT2D eigenvalue weighted by atomic mass is 35.5.